The zero-order valence-corrected chi connectivity index (χ0v) is 37.1. The van der Waals surface area contributed by atoms with Gasteiger partial charge in [0.25, 0.3) is 0 Å². The number of hydrogen-bond donors (Lipinski definition) is 0. The van der Waals surface area contributed by atoms with E-state index in [2.05, 4.69) is 118 Å². The molecular formula is C45H88O6. The topological polar surface area (TPSA) is 55.4 Å². The Morgan fingerprint density at radius 1 is 0.608 bits per heavy atom. The van der Waals surface area contributed by atoms with Crippen LogP contribution in [0, 0.1) is 51.2 Å². The van der Waals surface area contributed by atoms with Crippen molar-refractivity contribution in [3.05, 3.63) is 0 Å². The maximum Gasteiger partial charge on any atom is 0.0712 e. The van der Waals surface area contributed by atoms with Gasteiger partial charge in [0.15, 0.2) is 0 Å². The van der Waals surface area contributed by atoms with E-state index in [1.165, 1.54) is 44.9 Å². The summed E-state index contributed by atoms with van der Waals surface area (Å²) in [6.45, 7) is 46.0. The molecule has 0 N–H and O–H groups in total. The summed E-state index contributed by atoms with van der Waals surface area (Å²) in [6.07, 6.45) is 10.1. The Hall–Kier alpha value is -0.240. The second-order valence-corrected chi connectivity index (χ2v) is 21.4. The lowest BCUT2D eigenvalue weighted by Crippen LogP contribution is -2.49. The maximum absolute atomic E-state index is 5.68. The lowest BCUT2D eigenvalue weighted by Gasteiger charge is -2.48. The third-order valence-corrected chi connectivity index (χ3v) is 13.3. The second kappa shape index (κ2) is 19.6. The van der Waals surface area contributed by atoms with Crippen LogP contribution in [-0.4, -0.2) is 76.3 Å². The van der Waals surface area contributed by atoms with Gasteiger partial charge in [-0.2, -0.15) is 0 Å². The molecule has 6 nitrogen and oxygen atoms in total. The first-order valence-electron chi connectivity index (χ1n) is 21.0. The molecule has 51 heavy (non-hydrogen) atoms. The number of ether oxygens (including phenoxy) is 6. The van der Waals surface area contributed by atoms with E-state index in [0.717, 1.165) is 76.5 Å². The molecule has 8 aliphatic rings. The van der Waals surface area contributed by atoms with E-state index >= 15 is 0 Å². The van der Waals surface area contributed by atoms with Gasteiger partial charge in [0.05, 0.1) is 56.4 Å². The van der Waals surface area contributed by atoms with Gasteiger partial charge in [-0.15, -0.1) is 0 Å². The number of rotatable bonds is 3. The Balaban J connectivity index is 0.000000212. The van der Waals surface area contributed by atoms with Gasteiger partial charge in [-0.05, 0) is 91.8 Å². The fourth-order valence-corrected chi connectivity index (χ4v) is 6.96. The lowest BCUT2D eigenvalue weighted by molar-refractivity contribution is -0.158. The van der Waals surface area contributed by atoms with E-state index in [1.54, 1.807) is 0 Å². The Morgan fingerprint density at radius 2 is 1.20 bits per heavy atom. The molecule has 8 rings (SSSR count). The minimum absolute atomic E-state index is 0.194. The Bertz CT molecular complexity index is 893. The fourth-order valence-electron chi connectivity index (χ4n) is 6.96. The molecule has 7 aliphatic heterocycles. The molecule has 7 saturated heterocycles. The highest BCUT2D eigenvalue weighted by atomic mass is 16.5. The smallest absolute Gasteiger partial charge is 0.0712 e. The molecule has 1 aliphatic carbocycles. The van der Waals surface area contributed by atoms with Gasteiger partial charge >= 0.3 is 0 Å². The summed E-state index contributed by atoms with van der Waals surface area (Å²) < 4.78 is 32.2. The molecule has 3 unspecified atom stereocenters. The molecule has 1 saturated carbocycles. The van der Waals surface area contributed by atoms with E-state index in [4.69, 9.17) is 28.4 Å². The lowest BCUT2D eigenvalue weighted by atomic mass is 9.67. The van der Waals surface area contributed by atoms with Crippen molar-refractivity contribution in [3.63, 3.8) is 0 Å². The van der Waals surface area contributed by atoms with E-state index in [1.807, 2.05) is 0 Å². The minimum Gasteiger partial charge on any atom is -0.381 e. The predicted octanol–water partition coefficient (Wildman–Crippen LogP) is 11.4. The standard InChI is InChI=1S/C8H14O.2C8H16O.3C7H14O/c1-6(2)8-3-7(4-8)5-9-8;1-7(2,3)8(4)5-9-6-8;1-7(2)8(3)5-4-6-9-8;1-7(2,3)6-4-8-5-6;1-7(2,3)6-4-5-8-6;1-6(2)7-4-3-5-8-7/h6-7H,3-5H2,1-2H3;5-6H2,1-4H3;7H,4-6H2,1-3H3;2*6H,4-5H2,1-3H3;6-7H,3-5H2,1-2H3. The van der Waals surface area contributed by atoms with Gasteiger partial charge in [-0.3, -0.25) is 0 Å². The molecule has 3 atom stereocenters. The summed E-state index contributed by atoms with van der Waals surface area (Å²) in [5.74, 6) is 3.85. The molecule has 0 aromatic heterocycles. The van der Waals surface area contributed by atoms with Gasteiger partial charge in [-0.1, -0.05) is 111 Å². The van der Waals surface area contributed by atoms with Crippen LogP contribution in [0.1, 0.15) is 163 Å². The predicted molar refractivity (Wildman–Crippen MR) is 214 cm³/mol. The van der Waals surface area contributed by atoms with Crippen LogP contribution < -0.4 is 0 Å². The number of fused-ring (bicyclic) bond motifs is 1. The molecule has 2 bridgehead atoms. The zero-order valence-electron chi connectivity index (χ0n) is 37.1. The van der Waals surface area contributed by atoms with Crippen LogP contribution in [0.3, 0.4) is 0 Å². The van der Waals surface area contributed by atoms with Crippen molar-refractivity contribution in [1.29, 1.82) is 0 Å². The van der Waals surface area contributed by atoms with Crippen molar-refractivity contribution in [1.82, 2.24) is 0 Å². The van der Waals surface area contributed by atoms with Crippen LogP contribution in [-0.2, 0) is 28.4 Å². The Labute approximate surface area is 317 Å². The summed E-state index contributed by atoms with van der Waals surface area (Å²) in [6, 6.07) is 0. The number of hydrogen-bond acceptors (Lipinski definition) is 6. The molecule has 0 radical (unpaired) electrons. The molecule has 8 fully saturated rings. The van der Waals surface area contributed by atoms with Crippen molar-refractivity contribution in [2.75, 3.05) is 52.9 Å². The first kappa shape index (κ1) is 46.9. The molecule has 0 aromatic rings. The average Bonchev–Trinajstić information content (AvgIpc) is 3.69. The molecule has 7 heterocycles. The highest BCUT2D eigenvalue weighted by Gasteiger charge is 2.53. The fraction of sp³-hybridized carbons (Fsp3) is 1.00. The summed E-state index contributed by atoms with van der Waals surface area (Å²) in [5.41, 5.74) is 2.22. The first-order valence-corrected chi connectivity index (χ1v) is 21.0. The van der Waals surface area contributed by atoms with Gasteiger partial charge < -0.3 is 28.4 Å². The van der Waals surface area contributed by atoms with E-state index < -0.39 is 0 Å². The van der Waals surface area contributed by atoms with Gasteiger partial charge in [0, 0.05) is 31.2 Å². The summed E-state index contributed by atoms with van der Waals surface area (Å²) >= 11 is 0. The highest BCUT2D eigenvalue weighted by molar-refractivity contribution is 5.03. The van der Waals surface area contributed by atoms with Crippen molar-refractivity contribution >= 4 is 0 Å². The van der Waals surface area contributed by atoms with Gasteiger partial charge in [-0.25, -0.2) is 0 Å². The Kier molecular flexibility index (Phi) is 18.0. The van der Waals surface area contributed by atoms with Crippen LogP contribution in [0.5, 0.6) is 0 Å². The first-order chi connectivity index (χ1) is 23.4. The molecule has 0 amide bonds. The second-order valence-electron chi connectivity index (χ2n) is 21.4. The molecule has 0 spiro atoms. The third-order valence-electron chi connectivity index (χ3n) is 13.3. The van der Waals surface area contributed by atoms with Crippen LogP contribution in [0.15, 0.2) is 0 Å². The average molecular weight is 725 g/mol. The normalized spacial score (nSPS) is 32.1. The zero-order chi connectivity index (χ0) is 38.9. The largest absolute Gasteiger partial charge is 0.381 e. The van der Waals surface area contributed by atoms with Crippen LogP contribution in [0.25, 0.3) is 0 Å². The monoisotopic (exact) mass is 725 g/mol. The summed E-state index contributed by atoms with van der Waals surface area (Å²) in [4.78, 5) is 0. The van der Waals surface area contributed by atoms with E-state index in [9.17, 15) is 0 Å². The minimum atomic E-state index is 0.194. The highest BCUT2D eigenvalue weighted by Crippen LogP contribution is 2.52. The third kappa shape index (κ3) is 14.4. The molecular weight excluding hydrogens is 636 g/mol. The Morgan fingerprint density at radius 3 is 1.31 bits per heavy atom. The van der Waals surface area contributed by atoms with Gasteiger partial charge in [0.2, 0.25) is 0 Å². The van der Waals surface area contributed by atoms with E-state index in [-0.39, 0.29) is 5.60 Å². The van der Waals surface area contributed by atoms with Gasteiger partial charge in [0.1, 0.15) is 0 Å². The van der Waals surface area contributed by atoms with Crippen LogP contribution in [0.4, 0.5) is 0 Å². The quantitative estimate of drug-likeness (QED) is 0.289. The molecule has 6 heteroatoms. The van der Waals surface area contributed by atoms with Crippen molar-refractivity contribution in [2.24, 2.45) is 51.2 Å². The molecule has 304 valence electrons. The van der Waals surface area contributed by atoms with Crippen molar-refractivity contribution < 1.29 is 28.4 Å². The summed E-state index contributed by atoms with van der Waals surface area (Å²) in [5, 5.41) is 0. The van der Waals surface area contributed by atoms with E-state index in [0.29, 0.717) is 45.4 Å². The molecule has 0 aromatic carbocycles. The van der Waals surface area contributed by atoms with Crippen LogP contribution >= 0.6 is 0 Å². The summed E-state index contributed by atoms with van der Waals surface area (Å²) in [7, 11) is 0. The van der Waals surface area contributed by atoms with Crippen LogP contribution in [0.2, 0.25) is 0 Å². The SMILES string of the molecule is CC(C)(C)C1(C)COC1.CC(C)(C)C1CCO1.CC(C)(C)C1COC1.CC(C)C1(C)CCCO1.CC(C)C12CC(CO1)C2.CC(C)C1CCCO1. The maximum atomic E-state index is 5.68. The van der Waals surface area contributed by atoms with Crippen molar-refractivity contribution in [3.8, 4) is 0 Å². The van der Waals surface area contributed by atoms with Crippen molar-refractivity contribution in [2.45, 2.75) is 186 Å².